The van der Waals surface area contributed by atoms with Gasteiger partial charge in [0, 0.05) is 0 Å². The molecule has 0 heterocycles. The van der Waals surface area contributed by atoms with Crippen LogP contribution in [0.2, 0.25) is 0 Å². The molecule has 11 rings (SSSR count). The second kappa shape index (κ2) is 15.6. The van der Waals surface area contributed by atoms with Gasteiger partial charge in [-0.25, -0.2) is 0 Å². The first-order valence-corrected chi connectivity index (χ1v) is 26.7. The van der Waals surface area contributed by atoms with Crippen LogP contribution in [0, 0.1) is 0 Å². The van der Waals surface area contributed by atoms with Crippen molar-refractivity contribution in [2.24, 2.45) is 0 Å². The quantitative estimate of drug-likeness (QED) is 0.155. The summed E-state index contributed by atoms with van der Waals surface area (Å²) in [5, 5.41) is 18.7. The first-order chi connectivity index (χ1) is 33.4. The molecule has 0 unspecified atom stereocenters. The Balaban J connectivity index is 1.31. The molecule has 364 valence electrons. The molecule has 0 nitrogen and oxygen atoms in total. The highest BCUT2D eigenvalue weighted by molar-refractivity contribution is 6.41. The van der Waals surface area contributed by atoms with Gasteiger partial charge in [0.15, 0.2) is 0 Å². The Morgan fingerprint density at radius 1 is 0.181 bits per heavy atom. The number of rotatable bonds is 3. The minimum absolute atomic E-state index is 0.00323. The fraction of sp³-hybridized carbons (Fsp3) is 0.333. The van der Waals surface area contributed by atoms with Crippen LogP contribution in [0.4, 0.5) is 0 Å². The van der Waals surface area contributed by atoms with Gasteiger partial charge in [0.25, 0.3) is 0 Å². The lowest BCUT2D eigenvalue weighted by Crippen LogP contribution is -2.16. The van der Waals surface area contributed by atoms with Crippen molar-refractivity contribution < 1.29 is 0 Å². The molecule has 0 aliphatic rings. The van der Waals surface area contributed by atoms with E-state index in [1.807, 2.05) is 0 Å². The van der Waals surface area contributed by atoms with E-state index in [0.29, 0.717) is 0 Å². The van der Waals surface area contributed by atoms with Crippen molar-refractivity contribution in [1.82, 2.24) is 0 Å². The molecule has 0 aliphatic carbocycles. The van der Waals surface area contributed by atoms with Crippen LogP contribution in [-0.2, 0) is 32.5 Å². The summed E-state index contributed by atoms with van der Waals surface area (Å²) in [6.45, 7) is 42.3. The number of hydrogen-bond acceptors (Lipinski definition) is 0. The van der Waals surface area contributed by atoms with Gasteiger partial charge in [-0.15, -0.1) is 0 Å². The molecule has 0 heteroatoms. The molecule has 0 saturated carbocycles. The summed E-state index contributed by atoms with van der Waals surface area (Å²) in [7, 11) is 0. The highest BCUT2D eigenvalue weighted by atomic mass is 14.3. The summed E-state index contributed by atoms with van der Waals surface area (Å²) in [5.41, 5.74) is 16.0. The van der Waals surface area contributed by atoms with Gasteiger partial charge in [-0.05, 0) is 217 Å². The molecule has 0 aliphatic heterocycles. The Morgan fingerprint density at radius 3 is 0.722 bits per heavy atom. The monoisotopic (exact) mass is 941 g/mol. The topological polar surface area (TPSA) is 0 Å². The van der Waals surface area contributed by atoms with Gasteiger partial charge < -0.3 is 0 Å². The molecule has 72 heavy (non-hydrogen) atoms. The van der Waals surface area contributed by atoms with Crippen LogP contribution in [-0.4, -0.2) is 0 Å². The summed E-state index contributed by atoms with van der Waals surface area (Å²) in [5.74, 6) is 0. The molecule has 0 fully saturated rings. The lowest BCUT2D eigenvalue weighted by molar-refractivity contribution is 0.568. The van der Waals surface area contributed by atoms with E-state index in [-0.39, 0.29) is 32.5 Å². The third kappa shape index (κ3) is 7.95. The van der Waals surface area contributed by atoms with E-state index < -0.39 is 0 Å². The second-order valence-electron chi connectivity index (χ2n) is 28.0. The van der Waals surface area contributed by atoms with Crippen molar-refractivity contribution in [2.75, 3.05) is 0 Å². The molecule has 0 bridgehead atoms. The normalized spacial score (nSPS) is 13.7. The molecular weight excluding hydrogens is 865 g/mol. The molecule has 11 aromatic carbocycles. The molecule has 11 aromatic rings. The predicted octanol–water partition coefficient (Wildman–Crippen LogP) is 21.4. The molecule has 0 amide bonds. The lowest BCUT2D eigenvalue weighted by Gasteiger charge is -2.26. The van der Waals surface area contributed by atoms with Crippen molar-refractivity contribution >= 4 is 75.4 Å². The number of benzene rings is 9. The molecule has 0 aromatic heterocycles. The fourth-order valence-corrected chi connectivity index (χ4v) is 11.6. The minimum atomic E-state index is -0.00439. The summed E-state index contributed by atoms with van der Waals surface area (Å²) in [6, 6.07) is 53.9. The SMILES string of the molecule is CC(C)(C)c1cc(-c2ccc3c(c2)c2cc4c(cc5c6ccccc6c6cc(-c7cc(C(C)(C)C)cc(C(C)(C)C)c7)cc4c65)c4cc(-c5cc(C(C)(C)C)cc(C(C)(C)C)c5)cc3c42)cc(C(C)(C)C)c1. The van der Waals surface area contributed by atoms with Crippen LogP contribution < -0.4 is 0 Å². The van der Waals surface area contributed by atoms with E-state index in [2.05, 4.69) is 258 Å². The maximum atomic E-state index is 2.59. The fourth-order valence-electron chi connectivity index (χ4n) is 11.6. The highest BCUT2D eigenvalue weighted by Gasteiger charge is 2.27. The summed E-state index contributed by atoms with van der Waals surface area (Å²) >= 11 is 0. The van der Waals surface area contributed by atoms with Crippen molar-refractivity contribution in [3.05, 3.63) is 167 Å². The zero-order chi connectivity index (χ0) is 51.6. The van der Waals surface area contributed by atoms with E-state index in [0.717, 1.165) is 0 Å². The summed E-state index contributed by atoms with van der Waals surface area (Å²) in [4.78, 5) is 0. The van der Waals surface area contributed by atoms with Crippen molar-refractivity contribution in [3.8, 4) is 33.4 Å². The van der Waals surface area contributed by atoms with E-state index in [1.54, 1.807) is 0 Å². The van der Waals surface area contributed by atoms with E-state index in [1.165, 1.54) is 142 Å². The van der Waals surface area contributed by atoms with Crippen LogP contribution >= 0.6 is 0 Å². The maximum Gasteiger partial charge on any atom is -0.00195 e. The molecule has 0 saturated heterocycles. The van der Waals surface area contributed by atoms with Crippen molar-refractivity contribution in [3.63, 3.8) is 0 Å². The van der Waals surface area contributed by atoms with Gasteiger partial charge >= 0.3 is 0 Å². The van der Waals surface area contributed by atoms with Gasteiger partial charge in [0.05, 0.1) is 0 Å². The molecule has 0 N–H and O–H groups in total. The van der Waals surface area contributed by atoms with Crippen molar-refractivity contribution in [1.29, 1.82) is 0 Å². The van der Waals surface area contributed by atoms with E-state index in [9.17, 15) is 0 Å². The van der Waals surface area contributed by atoms with Crippen LogP contribution in [0.1, 0.15) is 158 Å². The molecule has 0 atom stereocenters. The standard InChI is InChI=1S/C72H76/c1-67(2,3)47-25-42(26-48(36-47)68(4,5)6)41-23-24-55-56(31-41)64-40-58-57(62-35-46(33-60(55)66(62)64)44-29-51(71(13,14)15)38-52(30-44)72(16,17)18)39-63-54-22-20-19-21-53(54)59-32-45(34-61(58)65(59)63)43-27-49(69(7,8)9)37-50(28-43)70(10,11)12/h19-40H,1-18H3. The maximum absolute atomic E-state index is 2.59. The predicted molar refractivity (Wildman–Crippen MR) is 320 cm³/mol. The van der Waals surface area contributed by atoms with Crippen LogP contribution in [0.25, 0.3) is 109 Å². The minimum Gasteiger partial charge on any atom is -0.0616 e. The van der Waals surface area contributed by atoms with Gasteiger partial charge in [0.1, 0.15) is 0 Å². The first-order valence-electron chi connectivity index (χ1n) is 26.7. The molecular formula is C72H76. The Bertz CT molecular complexity index is 3890. The number of hydrogen-bond donors (Lipinski definition) is 0. The Morgan fingerprint density at radius 2 is 0.403 bits per heavy atom. The van der Waals surface area contributed by atoms with E-state index in [4.69, 9.17) is 0 Å². The smallest absolute Gasteiger partial charge is 0.00195 e. The second-order valence-corrected chi connectivity index (χ2v) is 28.0. The van der Waals surface area contributed by atoms with Gasteiger partial charge in [-0.3, -0.25) is 0 Å². The molecule has 0 spiro atoms. The summed E-state index contributed by atoms with van der Waals surface area (Å²) in [6.07, 6.45) is 0. The van der Waals surface area contributed by atoms with Crippen LogP contribution in [0.5, 0.6) is 0 Å². The Kier molecular flexibility index (Phi) is 10.4. The largest absolute Gasteiger partial charge is 0.0616 e. The Hall–Kier alpha value is -6.24. The molecule has 0 radical (unpaired) electrons. The van der Waals surface area contributed by atoms with Crippen LogP contribution in [0.15, 0.2) is 133 Å². The average Bonchev–Trinajstić information content (AvgIpc) is 3.79. The van der Waals surface area contributed by atoms with Gasteiger partial charge in [0.2, 0.25) is 0 Å². The zero-order valence-corrected chi connectivity index (χ0v) is 46.7. The van der Waals surface area contributed by atoms with Crippen molar-refractivity contribution in [2.45, 2.75) is 157 Å². The average molecular weight is 941 g/mol. The summed E-state index contributed by atoms with van der Waals surface area (Å²) < 4.78 is 0. The zero-order valence-electron chi connectivity index (χ0n) is 46.7. The third-order valence-electron chi connectivity index (χ3n) is 16.4. The first kappa shape index (κ1) is 48.1. The highest BCUT2D eigenvalue weighted by Crippen LogP contribution is 2.51. The number of fused-ring (bicyclic) bond motifs is 9. The third-order valence-corrected chi connectivity index (χ3v) is 16.4. The van der Waals surface area contributed by atoms with Gasteiger partial charge in [-0.1, -0.05) is 216 Å². The van der Waals surface area contributed by atoms with Gasteiger partial charge in [-0.2, -0.15) is 0 Å². The lowest BCUT2D eigenvalue weighted by atomic mass is 9.78. The van der Waals surface area contributed by atoms with E-state index >= 15 is 0 Å². The Labute approximate surface area is 430 Å². The van der Waals surface area contributed by atoms with Crippen LogP contribution in [0.3, 0.4) is 0 Å².